The number of methoxy groups -OCH3 is 1. The van der Waals surface area contributed by atoms with E-state index in [0.29, 0.717) is 17.9 Å². The first-order valence-corrected chi connectivity index (χ1v) is 6.66. The summed E-state index contributed by atoms with van der Waals surface area (Å²) < 4.78 is 5.17. The molecule has 21 heavy (non-hydrogen) atoms. The zero-order valence-corrected chi connectivity index (χ0v) is 12.6. The number of rotatable bonds is 8. The molecule has 0 saturated carbocycles. The van der Waals surface area contributed by atoms with Crippen LogP contribution in [0.5, 0.6) is 5.75 Å². The third-order valence-electron chi connectivity index (χ3n) is 3.19. The van der Waals surface area contributed by atoms with Gasteiger partial charge in [0.15, 0.2) is 5.78 Å². The number of carboxylic acids is 1. The van der Waals surface area contributed by atoms with E-state index in [1.54, 1.807) is 25.3 Å². The van der Waals surface area contributed by atoms with E-state index < -0.39 is 12.0 Å². The van der Waals surface area contributed by atoms with Crippen LogP contribution >= 0.6 is 0 Å². The molecular formula is C16H21NO4. The number of hydrogen-bond acceptors (Lipinski definition) is 4. The number of Topliss-reactive ketones (excluding diaryl/α,β-unsaturated/α-hetero) is 1. The van der Waals surface area contributed by atoms with Gasteiger partial charge in [-0.2, -0.15) is 0 Å². The molecule has 0 aliphatic heterocycles. The van der Waals surface area contributed by atoms with Gasteiger partial charge in [0.05, 0.1) is 19.6 Å². The monoisotopic (exact) mass is 291 g/mol. The van der Waals surface area contributed by atoms with Gasteiger partial charge in [0.25, 0.3) is 0 Å². The second kappa shape index (κ2) is 7.59. The fourth-order valence-corrected chi connectivity index (χ4v) is 2.26. The molecule has 2 N–H and O–H groups in total. The van der Waals surface area contributed by atoms with Crippen molar-refractivity contribution in [3.8, 4) is 5.75 Å². The van der Waals surface area contributed by atoms with Crippen molar-refractivity contribution in [2.24, 2.45) is 0 Å². The maximum Gasteiger partial charge on any atom is 0.305 e. The Bertz CT molecular complexity index is 528. The quantitative estimate of drug-likeness (QED) is 0.567. The Morgan fingerprint density at radius 3 is 2.38 bits per heavy atom. The van der Waals surface area contributed by atoms with Gasteiger partial charge in [-0.15, -0.1) is 6.58 Å². The Morgan fingerprint density at radius 1 is 1.38 bits per heavy atom. The van der Waals surface area contributed by atoms with Crippen LogP contribution in [0.1, 0.15) is 27.9 Å². The summed E-state index contributed by atoms with van der Waals surface area (Å²) >= 11 is 0. The summed E-state index contributed by atoms with van der Waals surface area (Å²) in [7, 11) is 1.56. The van der Waals surface area contributed by atoms with Crippen LogP contribution in [0.25, 0.3) is 0 Å². The second-order valence-corrected chi connectivity index (χ2v) is 4.85. The second-order valence-electron chi connectivity index (χ2n) is 4.85. The van der Waals surface area contributed by atoms with Gasteiger partial charge in [0.1, 0.15) is 5.75 Å². The van der Waals surface area contributed by atoms with E-state index in [9.17, 15) is 9.59 Å². The highest BCUT2D eigenvalue weighted by Gasteiger charge is 2.25. The minimum atomic E-state index is -1.02. The van der Waals surface area contributed by atoms with Gasteiger partial charge >= 0.3 is 5.97 Å². The van der Waals surface area contributed by atoms with Crippen molar-refractivity contribution in [1.82, 2.24) is 5.32 Å². The molecule has 0 spiro atoms. The Kier molecular flexibility index (Phi) is 6.11. The first-order valence-electron chi connectivity index (χ1n) is 6.66. The molecule has 5 nitrogen and oxygen atoms in total. The molecule has 0 bridgehead atoms. The van der Waals surface area contributed by atoms with Crippen molar-refractivity contribution in [3.63, 3.8) is 0 Å². The summed E-state index contributed by atoms with van der Waals surface area (Å²) in [5, 5.41) is 11.9. The average Bonchev–Trinajstić information content (AvgIpc) is 2.41. The van der Waals surface area contributed by atoms with E-state index >= 15 is 0 Å². The molecule has 0 aromatic heterocycles. The zero-order valence-electron chi connectivity index (χ0n) is 12.6. The Morgan fingerprint density at radius 2 is 1.95 bits per heavy atom. The number of carbonyl (C=O) groups excluding carboxylic acids is 1. The SMILES string of the molecule is C=CCNC(CC(=O)O)C(=O)c1c(C)cc(OC)cc1C. The summed E-state index contributed by atoms with van der Waals surface area (Å²) in [5.74, 6) is -0.569. The first kappa shape index (κ1) is 16.9. The molecular weight excluding hydrogens is 270 g/mol. The lowest BCUT2D eigenvalue weighted by Gasteiger charge is -2.18. The van der Waals surface area contributed by atoms with Crippen LogP contribution in [0.2, 0.25) is 0 Å². The average molecular weight is 291 g/mol. The molecule has 1 unspecified atom stereocenters. The topological polar surface area (TPSA) is 75.6 Å². The highest BCUT2D eigenvalue weighted by Crippen LogP contribution is 2.23. The van der Waals surface area contributed by atoms with Crippen molar-refractivity contribution in [1.29, 1.82) is 0 Å². The van der Waals surface area contributed by atoms with Crippen LogP contribution < -0.4 is 10.1 Å². The maximum atomic E-state index is 12.6. The van der Waals surface area contributed by atoms with Gasteiger partial charge in [-0.1, -0.05) is 6.08 Å². The predicted octanol–water partition coefficient (Wildman–Crippen LogP) is 2.11. The lowest BCUT2D eigenvalue weighted by molar-refractivity contribution is -0.137. The van der Waals surface area contributed by atoms with Crippen molar-refractivity contribution >= 4 is 11.8 Å². The van der Waals surface area contributed by atoms with E-state index in [1.807, 2.05) is 13.8 Å². The summed E-state index contributed by atoms with van der Waals surface area (Å²) in [5.41, 5.74) is 2.08. The number of aliphatic carboxylic acids is 1. The predicted molar refractivity (Wildman–Crippen MR) is 81.0 cm³/mol. The third kappa shape index (κ3) is 4.43. The van der Waals surface area contributed by atoms with Crippen LogP contribution in [-0.4, -0.2) is 36.6 Å². The van der Waals surface area contributed by atoms with Crippen LogP contribution in [0.3, 0.4) is 0 Å². The van der Waals surface area contributed by atoms with Crippen LogP contribution in [0, 0.1) is 13.8 Å². The molecule has 0 amide bonds. The van der Waals surface area contributed by atoms with Crippen LogP contribution in [0.4, 0.5) is 0 Å². The number of ketones is 1. The van der Waals surface area contributed by atoms with Crippen molar-refractivity contribution in [3.05, 3.63) is 41.5 Å². The maximum absolute atomic E-state index is 12.6. The number of benzene rings is 1. The van der Waals surface area contributed by atoms with Gasteiger partial charge in [0, 0.05) is 12.1 Å². The van der Waals surface area contributed by atoms with Gasteiger partial charge in [0.2, 0.25) is 0 Å². The smallest absolute Gasteiger partial charge is 0.305 e. The largest absolute Gasteiger partial charge is 0.497 e. The number of carbonyl (C=O) groups is 2. The number of aryl methyl sites for hydroxylation is 2. The summed E-state index contributed by atoms with van der Waals surface area (Å²) in [6, 6.07) is 2.77. The highest BCUT2D eigenvalue weighted by atomic mass is 16.5. The minimum Gasteiger partial charge on any atom is -0.497 e. The molecule has 1 rings (SSSR count). The molecule has 1 aromatic carbocycles. The molecule has 0 aliphatic carbocycles. The van der Waals surface area contributed by atoms with Gasteiger partial charge in [-0.05, 0) is 37.1 Å². The molecule has 0 heterocycles. The molecule has 0 fully saturated rings. The fourth-order valence-electron chi connectivity index (χ4n) is 2.26. The third-order valence-corrected chi connectivity index (χ3v) is 3.19. The molecule has 0 radical (unpaired) electrons. The molecule has 114 valence electrons. The zero-order chi connectivity index (χ0) is 16.0. The van der Waals surface area contributed by atoms with Gasteiger partial charge < -0.3 is 15.2 Å². The van der Waals surface area contributed by atoms with E-state index in [4.69, 9.17) is 9.84 Å². The Hall–Kier alpha value is -2.14. The molecule has 0 aliphatic rings. The first-order chi connectivity index (χ1) is 9.90. The van der Waals surface area contributed by atoms with Gasteiger partial charge in [-0.3, -0.25) is 9.59 Å². The Labute approximate surface area is 124 Å². The van der Waals surface area contributed by atoms with Crippen molar-refractivity contribution in [2.75, 3.05) is 13.7 Å². The number of carboxylic acid groups (broad SMARTS) is 1. The van der Waals surface area contributed by atoms with Crippen LogP contribution in [0.15, 0.2) is 24.8 Å². The van der Waals surface area contributed by atoms with E-state index in [1.165, 1.54) is 0 Å². The molecule has 1 aromatic rings. The van der Waals surface area contributed by atoms with E-state index in [-0.39, 0.29) is 12.2 Å². The van der Waals surface area contributed by atoms with Crippen molar-refractivity contribution in [2.45, 2.75) is 26.3 Å². The highest BCUT2D eigenvalue weighted by molar-refractivity contribution is 6.04. The van der Waals surface area contributed by atoms with Crippen molar-refractivity contribution < 1.29 is 19.4 Å². The summed E-state index contributed by atoms with van der Waals surface area (Å²) in [6.07, 6.45) is 1.33. The lowest BCUT2D eigenvalue weighted by atomic mass is 9.93. The number of nitrogens with one attached hydrogen (secondary N) is 1. The lowest BCUT2D eigenvalue weighted by Crippen LogP contribution is -2.39. The molecule has 1 atom stereocenters. The Balaban J connectivity index is 3.13. The number of ether oxygens (including phenoxy) is 1. The number of hydrogen-bond donors (Lipinski definition) is 2. The fraction of sp³-hybridized carbons (Fsp3) is 0.375. The van der Waals surface area contributed by atoms with Crippen LogP contribution in [-0.2, 0) is 4.79 Å². The summed E-state index contributed by atoms with van der Waals surface area (Å²) in [4.78, 5) is 23.6. The normalized spacial score (nSPS) is 11.8. The minimum absolute atomic E-state index is 0.225. The van der Waals surface area contributed by atoms with E-state index in [2.05, 4.69) is 11.9 Å². The molecule has 5 heteroatoms. The molecule has 0 saturated heterocycles. The summed E-state index contributed by atoms with van der Waals surface area (Å²) in [6.45, 7) is 7.56. The van der Waals surface area contributed by atoms with E-state index in [0.717, 1.165) is 11.1 Å². The van der Waals surface area contributed by atoms with Gasteiger partial charge in [-0.25, -0.2) is 0 Å². The standard InChI is InChI=1S/C16H21NO4/c1-5-6-17-13(9-14(18)19)16(20)15-10(2)7-12(21-4)8-11(15)3/h5,7-8,13,17H,1,6,9H2,2-4H3,(H,18,19).